The van der Waals surface area contributed by atoms with Gasteiger partial charge in [0, 0.05) is 23.5 Å². The van der Waals surface area contributed by atoms with Gasteiger partial charge in [-0.15, -0.1) is 0 Å². The maximum Gasteiger partial charge on any atom is 0.257 e. The van der Waals surface area contributed by atoms with Crippen LogP contribution in [0.4, 0.5) is 20.2 Å². The number of hydrogen-bond acceptors (Lipinski definition) is 3. The number of benzene rings is 2. The Bertz CT molecular complexity index is 639. The number of anilines is 2. The van der Waals surface area contributed by atoms with E-state index in [4.69, 9.17) is 10.5 Å². The number of halogens is 2. The average Bonchev–Trinajstić information content (AvgIpc) is 2.36. The standard InChI is InChI=1S/C14H12F2N2O2/c1-20-11-2-3-12(13(17)7-11)14(19)18-10-5-8(15)4-9(16)6-10/h2-7H,17H2,1H3,(H,18,19). The summed E-state index contributed by atoms with van der Waals surface area (Å²) >= 11 is 0. The van der Waals surface area contributed by atoms with Gasteiger partial charge in [-0.1, -0.05) is 0 Å². The highest BCUT2D eigenvalue weighted by atomic mass is 19.1. The van der Waals surface area contributed by atoms with Crippen LogP contribution in [0.5, 0.6) is 5.75 Å². The van der Waals surface area contributed by atoms with Crippen LogP contribution < -0.4 is 15.8 Å². The summed E-state index contributed by atoms with van der Waals surface area (Å²) in [6, 6.07) is 7.27. The van der Waals surface area contributed by atoms with E-state index in [0.29, 0.717) is 5.75 Å². The Hall–Kier alpha value is -2.63. The molecule has 0 aromatic heterocycles. The molecule has 0 aliphatic carbocycles. The number of carbonyl (C=O) groups excluding carboxylic acids is 1. The van der Waals surface area contributed by atoms with Crippen molar-refractivity contribution in [1.82, 2.24) is 0 Å². The molecule has 0 unspecified atom stereocenters. The Labute approximate surface area is 114 Å². The van der Waals surface area contributed by atoms with Gasteiger partial charge in [0.05, 0.1) is 12.7 Å². The second kappa shape index (κ2) is 5.56. The van der Waals surface area contributed by atoms with Crippen LogP contribution in [0, 0.1) is 11.6 Å². The fraction of sp³-hybridized carbons (Fsp3) is 0.0714. The molecule has 0 heterocycles. The summed E-state index contributed by atoms with van der Waals surface area (Å²) in [6.07, 6.45) is 0. The second-order valence-corrected chi connectivity index (χ2v) is 4.07. The molecule has 6 heteroatoms. The molecular formula is C14H12F2N2O2. The molecular weight excluding hydrogens is 266 g/mol. The first-order valence-corrected chi connectivity index (χ1v) is 5.70. The summed E-state index contributed by atoms with van der Waals surface area (Å²) in [4.78, 5) is 12.0. The van der Waals surface area contributed by atoms with Gasteiger partial charge in [0.25, 0.3) is 5.91 Å². The lowest BCUT2D eigenvalue weighted by molar-refractivity contribution is 0.102. The van der Waals surface area contributed by atoms with Gasteiger partial charge in [0.15, 0.2) is 0 Å². The predicted octanol–water partition coefficient (Wildman–Crippen LogP) is 2.81. The number of hydrogen-bond donors (Lipinski definition) is 2. The summed E-state index contributed by atoms with van der Waals surface area (Å²) in [5, 5.41) is 2.38. The number of amides is 1. The quantitative estimate of drug-likeness (QED) is 0.848. The van der Waals surface area contributed by atoms with Crippen LogP contribution in [0.3, 0.4) is 0 Å². The van der Waals surface area contributed by atoms with Gasteiger partial charge in [-0.3, -0.25) is 4.79 Å². The molecule has 2 aromatic carbocycles. The molecule has 0 saturated carbocycles. The van der Waals surface area contributed by atoms with E-state index in [-0.39, 0.29) is 16.9 Å². The third-order valence-electron chi connectivity index (χ3n) is 2.62. The van der Waals surface area contributed by atoms with Gasteiger partial charge in [0.2, 0.25) is 0 Å². The zero-order chi connectivity index (χ0) is 14.7. The molecule has 0 atom stereocenters. The number of rotatable bonds is 3. The Balaban J connectivity index is 2.23. The topological polar surface area (TPSA) is 64.3 Å². The Morgan fingerprint density at radius 1 is 1.15 bits per heavy atom. The van der Waals surface area contributed by atoms with Crippen LogP contribution in [0.25, 0.3) is 0 Å². The zero-order valence-corrected chi connectivity index (χ0v) is 10.6. The Kier molecular flexibility index (Phi) is 3.84. The summed E-state index contributed by atoms with van der Waals surface area (Å²) in [6.45, 7) is 0. The van der Waals surface area contributed by atoms with Crippen molar-refractivity contribution >= 4 is 17.3 Å². The number of methoxy groups -OCH3 is 1. The molecule has 20 heavy (non-hydrogen) atoms. The van der Waals surface area contributed by atoms with Crippen molar-refractivity contribution in [3.63, 3.8) is 0 Å². The molecule has 0 aliphatic heterocycles. The van der Waals surface area contributed by atoms with Crippen LogP contribution in [-0.2, 0) is 0 Å². The van der Waals surface area contributed by atoms with Crippen molar-refractivity contribution in [1.29, 1.82) is 0 Å². The molecule has 0 spiro atoms. The fourth-order valence-electron chi connectivity index (χ4n) is 1.70. The third kappa shape index (κ3) is 3.03. The minimum atomic E-state index is -0.775. The predicted molar refractivity (Wildman–Crippen MR) is 71.7 cm³/mol. The van der Waals surface area contributed by atoms with Gasteiger partial charge < -0.3 is 15.8 Å². The normalized spacial score (nSPS) is 10.2. The molecule has 0 aliphatic rings. The number of nitrogens with one attached hydrogen (secondary N) is 1. The molecule has 4 nitrogen and oxygen atoms in total. The summed E-state index contributed by atoms with van der Waals surface area (Å²) in [5.41, 5.74) is 6.14. The number of carbonyl (C=O) groups is 1. The highest BCUT2D eigenvalue weighted by Gasteiger charge is 2.12. The lowest BCUT2D eigenvalue weighted by Crippen LogP contribution is -2.14. The van der Waals surface area contributed by atoms with E-state index in [1.165, 1.54) is 19.2 Å². The minimum Gasteiger partial charge on any atom is -0.497 e. The monoisotopic (exact) mass is 278 g/mol. The molecule has 0 bridgehead atoms. The number of ether oxygens (including phenoxy) is 1. The van der Waals surface area contributed by atoms with Gasteiger partial charge in [-0.25, -0.2) is 8.78 Å². The first kappa shape index (κ1) is 13.8. The molecule has 2 rings (SSSR count). The van der Waals surface area contributed by atoms with Gasteiger partial charge in [-0.2, -0.15) is 0 Å². The second-order valence-electron chi connectivity index (χ2n) is 4.07. The van der Waals surface area contributed by atoms with Crippen molar-refractivity contribution in [3.8, 4) is 5.75 Å². The first-order valence-electron chi connectivity index (χ1n) is 5.70. The minimum absolute atomic E-state index is 0.0164. The fourth-order valence-corrected chi connectivity index (χ4v) is 1.70. The molecule has 104 valence electrons. The Morgan fingerprint density at radius 2 is 1.80 bits per heavy atom. The van der Waals surface area contributed by atoms with Crippen LogP contribution in [0.15, 0.2) is 36.4 Å². The summed E-state index contributed by atoms with van der Waals surface area (Å²) in [7, 11) is 1.48. The van der Waals surface area contributed by atoms with E-state index in [0.717, 1.165) is 18.2 Å². The largest absolute Gasteiger partial charge is 0.497 e. The van der Waals surface area contributed by atoms with E-state index in [2.05, 4.69) is 5.32 Å². The molecule has 2 aromatic rings. The number of nitrogens with two attached hydrogens (primary N) is 1. The molecule has 0 radical (unpaired) electrons. The van der Waals surface area contributed by atoms with Crippen molar-refractivity contribution in [2.75, 3.05) is 18.2 Å². The molecule has 0 fully saturated rings. The maximum atomic E-state index is 13.0. The summed E-state index contributed by atoms with van der Waals surface area (Å²) in [5.74, 6) is -1.60. The van der Waals surface area contributed by atoms with Crippen molar-refractivity contribution in [2.24, 2.45) is 0 Å². The van der Waals surface area contributed by atoms with E-state index in [9.17, 15) is 13.6 Å². The van der Waals surface area contributed by atoms with E-state index in [1.54, 1.807) is 6.07 Å². The molecule has 3 N–H and O–H groups in total. The smallest absolute Gasteiger partial charge is 0.257 e. The highest BCUT2D eigenvalue weighted by molar-refractivity contribution is 6.07. The van der Waals surface area contributed by atoms with E-state index in [1.807, 2.05) is 0 Å². The third-order valence-corrected chi connectivity index (χ3v) is 2.62. The highest BCUT2D eigenvalue weighted by Crippen LogP contribution is 2.21. The SMILES string of the molecule is COc1ccc(C(=O)Nc2cc(F)cc(F)c2)c(N)c1. The Morgan fingerprint density at radius 3 is 2.35 bits per heavy atom. The molecule has 1 amide bonds. The van der Waals surface area contributed by atoms with Gasteiger partial charge in [0.1, 0.15) is 17.4 Å². The van der Waals surface area contributed by atoms with E-state index >= 15 is 0 Å². The van der Waals surface area contributed by atoms with Crippen molar-refractivity contribution in [3.05, 3.63) is 53.6 Å². The van der Waals surface area contributed by atoms with Crippen molar-refractivity contribution < 1.29 is 18.3 Å². The van der Waals surface area contributed by atoms with Crippen LogP contribution >= 0.6 is 0 Å². The maximum absolute atomic E-state index is 13.0. The van der Waals surface area contributed by atoms with Crippen LogP contribution in [-0.4, -0.2) is 13.0 Å². The van der Waals surface area contributed by atoms with Crippen LogP contribution in [0.1, 0.15) is 10.4 Å². The zero-order valence-electron chi connectivity index (χ0n) is 10.6. The summed E-state index contributed by atoms with van der Waals surface area (Å²) < 4.78 is 31.0. The van der Waals surface area contributed by atoms with Gasteiger partial charge in [-0.05, 0) is 24.3 Å². The first-order chi connectivity index (χ1) is 9.49. The lowest BCUT2D eigenvalue weighted by Gasteiger charge is -2.09. The van der Waals surface area contributed by atoms with Crippen LogP contribution in [0.2, 0.25) is 0 Å². The lowest BCUT2D eigenvalue weighted by atomic mass is 10.1. The van der Waals surface area contributed by atoms with E-state index < -0.39 is 17.5 Å². The van der Waals surface area contributed by atoms with Crippen molar-refractivity contribution in [2.45, 2.75) is 0 Å². The molecule has 0 saturated heterocycles. The average molecular weight is 278 g/mol. The van der Waals surface area contributed by atoms with Gasteiger partial charge >= 0.3 is 0 Å². The number of nitrogen functional groups attached to an aromatic ring is 1.